The summed E-state index contributed by atoms with van der Waals surface area (Å²) >= 11 is 3.36. The second-order valence-electron chi connectivity index (χ2n) is 4.58. The number of hydrogen-bond acceptors (Lipinski definition) is 3. The Kier molecular flexibility index (Phi) is 6.26. The van der Waals surface area contributed by atoms with E-state index in [1.807, 2.05) is 6.92 Å². The molecule has 1 aromatic carbocycles. The zero-order chi connectivity index (χ0) is 13.2. The molecule has 0 saturated carbocycles. The minimum absolute atomic E-state index is 0. The van der Waals surface area contributed by atoms with Gasteiger partial charge in [-0.25, -0.2) is 13.1 Å². The number of nitrogens with one attached hydrogen (secondary N) is 2. The van der Waals surface area contributed by atoms with Crippen molar-refractivity contribution in [1.29, 1.82) is 0 Å². The van der Waals surface area contributed by atoms with Gasteiger partial charge in [0.15, 0.2) is 0 Å². The van der Waals surface area contributed by atoms with E-state index in [9.17, 15) is 8.42 Å². The number of piperidine rings is 1. The highest BCUT2D eigenvalue weighted by Crippen LogP contribution is 2.21. The lowest BCUT2D eigenvalue weighted by Crippen LogP contribution is -2.45. The van der Waals surface area contributed by atoms with E-state index in [4.69, 9.17) is 0 Å². The van der Waals surface area contributed by atoms with Gasteiger partial charge in [0.1, 0.15) is 0 Å². The maximum Gasteiger partial charge on any atom is 0.240 e. The van der Waals surface area contributed by atoms with Crippen LogP contribution in [0.5, 0.6) is 0 Å². The molecule has 1 aliphatic rings. The summed E-state index contributed by atoms with van der Waals surface area (Å²) in [6.07, 6.45) is 1.89. The van der Waals surface area contributed by atoms with Gasteiger partial charge >= 0.3 is 0 Å². The summed E-state index contributed by atoms with van der Waals surface area (Å²) in [5.74, 6) is 0. The van der Waals surface area contributed by atoms with Gasteiger partial charge in [0, 0.05) is 17.1 Å². The molecule has 108 valence electrons. The third kappa shape index (κ3) is 4.43. The number of hydrogen-bond donors (Lipinski definition) is 2. The molecule has 0 amide bonds. The maximum atomic E-state index is 12.2. The second kappa shape index (κ2) is 7.04. The zero-order valence-corrected chi connectivity index (χ0v) is 13.9. The molecule has 1 aromatic rings. The lowest BCUT2D eigenvalue weighted by Gasteiger charge is -2.23. The molecule has 1 heterocycles. The first-order valence-electron chi connectivity index (χ1n) is 5.98. The number of aryl methyl sites for hydroxylation is 1. The smallest absolute Gasteiger partial charge is 0.240 e. The Morgan fingerprint density at radius 2 is 2.16 bits per heavy atom. The minimum atomic E-state index is -3.42. The van der Waals surface area contributed by atoms with Crippen molar-refractivity contribution in [2.45, 2.75) is 30.7 Å². The van der Waals surface area contributed by atoms with E-state index < -0.39 is 10.0 Å². The van der Waals surface area contributed by atoms with Crippen LogP contribution < -0.4 is 10.0 Å². The van der Waals surface area contributed by atoms with Crippen LogP contribution in [0.4, 0.5) is 0 Å². The van der Waals surface area contributed by atoms with Crippen LogP contribution in [0.1, 0.15) is 18.4 Å². The highest BCUT2D eigenvalue weighted by Gasteiger charge is 2.21. The summed E-state index contributed by atoms with van der Waals surface area (Å²) in [7, 11) is -3.42. The summed E-state index contributed by atoms with van der Waals surface area (Å²) in [6, 6.07) is 5.08. The van der Waals surface area contributed by atoms with Crippen LogP contribution in [0.2, 0.25) is 0 Å². The van der Waals surface area contributed by atoms with E-state index >= 15 is 0 Å². The molecule has 1 unspecified atom stereocenters. The van der Waals surface area contributed by atoms with Crippen LogP contribution in [0.3, 0.4) is 0 Å². The van der Waals surface area contributed by atoms with Gasteiger partial charge in [0.2, 0.25) is 10.0 Å². The normalized spacial score (nSPS) is 19.8. The van der Waals surface area contributed by atoms with Gasteiger partial charge in [-0.05, 0) is 44.0 Å². The Bertz CT molecular complexity index is 531. The van der Waals surface area contributed by atoms with Gasteiger partial charge in [-0.2, -0.15) is 0 Å². The van der Waals surface area contributed by atoms with Crippen LogP contribution in [0.25, 0.3) is 0 Å². The van der Waals surface area contributed by atoms with Crippen molar-refractivity contribution in [1.82, 2.24) is 10.0 Å². The zero-order valence-electron chi connectivity index (χ0n) is 10.6. The largest absolute Gasteiger partial charge is 0.315 e. The molecule has 7 heteroatoms. The van der Waals surface area contributed by atoms with Crippen LogP contribution >= 0.6 is 28.3 Å². The second-order valence-corrected chi connectivity index (χ2v) is 7.14. The molecule has 4 nitrogen and oxygen atoms in total. The summed E-state index contributed by atoms with van der Waals surface area (Å²) < 4.78 is 28.0. The number of rotatable bonds is 3. The van der Waals surface area contributed by atoms with Crippen LogP contribution in [0.15, 0.2) is 27.6 Å². The molecule has 2 N–H and O–H groups in total. The molecule has 2 rings (SSSR count). The molecule has 0 aromatic heterocycles. The first-order chi connectivity index (χ1) is 8.49. The van der Waals surface area contributed by atoms with E-state index in [0.717, 1.165) is 29.4 Å². The molecule has 1 aliphatic heterocycles. The molecule has 0 bridgehead atoms. The van der Waals surface area contributed by atoms with Crippen molar-refractivity contribution in [2.24, 2.45) is 0 Å². The first-order valence-corrected chi connectivity index (χ1v) is 8.26. The van der Waals surface area contributed by atoms with E-state index in [-0.39, 0.29) is 18.4 Å². The summed E-state index contributed by atoms with van der Waals surface area (Å²) in [5.41, 5.74) is 1.02. The quantitative estimate of drug-likeness (QED) is 0.859. The molecule has 1 saturated heterocycles. The van der Waals surface area contributed by atoms with Crippen LogP contribution in [-0.2, 0) is 10.0 Å². The Balaban J connectivity index is 0.00000180. The lowest BCUT2D eigenvalue weighted by atomic mass is 10.1. The fraction of sp³-hybridized carbons (Fsp3) is 0.500. The van der Waals surface area contributed by atoms with Crippen molar-refractivity contribution in [3.8, 4) is 0 Å². The molecular weight excluding hydrogens is 352 g/mol. The van der Waals surface area contributed by atoms with E-state index in [1.54, 1.807) is 18.2 Å². The van der Waals surface area contributed by atoms with Crippen molar-refractivity contribution >= 4 is 38.4 Å². The molecule has 0 radical (unpaired) electrons. The van der Waals surface area contributed by atoms with Crippen LogP contribution in [0, 0.1) is 6.92 Å². The fourth-order valence-corrected chi connectivity index (χ4v) is 3.81. The molecule has 0 aliphatic carbocycles. The molecule has 0 spiro atoms. The van der Waals surface area contributed by atoms with Gasteiger partial charge in [-0.3, -0.25) is 0 Å². The molecule has 1 atom stereocenters. The lowest BCUT2D eigenvalue weighted by molar-refractivity contribution is 0.428. The van der Waals surface area contributed by atoms with Gasteiger partial charge in [-0.15, -0.1) is 12.4 Å². The Hall–Kier alpha value is -0.140. The van der Waals surface area contributed by atoms with Gasteiger partial charge in [-0.1, -0.05) is 22.0 Å². The van der Waals surface area contributed by atoms with Gasteiger partial charge in [0.05, 0.1) is 4.90 Å². The van der Waals surface area contributed by atoms with Crippen LogP contribution in [-0.4, -0.2) is 27.5 Å². The standard InChI is InChI=1S/C12H17BrN2O2S.ClH/c1-9-4-5-11(7-12(9)13)18(16,17)15-10-3-2-6-14-8-10;/h4-5,7,10,14-15H,2-3,6,8H2,1H3;1H. The predicted molar refractivity (Wildman–Crippen MR) is 82.3 cm³/mol. The van der Waals surface area contributed by atoms with Crippen molar-refractivity contribution < 1.29 is 8.42 Å². The maximum absolute atomic E-state index is 12.2. The predicted octanol–water partition coefficient (Wildman–Crippen LogP) is 2.21. The minimum Gasteiger partial charge on any atom is -0.315 e. The number of benzene rings is 1. The Morgan fingerprint density at radius 3 is 2.74 bits per heavy atom. The molecule has 19 heavy (non-hydrogen) atoms. The van der Waals surface area contributed by atoms with Gasteiger partial charge in [0.25, 0.3) is 0 Å². The van der Waals surface area contributed by atoms with E-state index in [1.165, 1.54) is 0 Å². The number of halogens is 2. The number of sulfonamides is 1. The summed E-state index contributed by atoms with van der Waals surface area (Å²) in [5, 5.41) is 3.19. The molecule has 1 fully saturated rings. The monoisotopic (exact) mass is 368 g/mol. The molecular formula is C12H18BrClN2O2S. The summed E-state index contributed by atoms with van der Waals surface area (Å²) in [6.45, 7) is 3.60. The third-order valence-electron chi connectivity index (χ3n) is 3.07. The topological polar surface area (TPSA) is 58.2 Å². The Labute approximate surface area is 128 Å². The average Bonchev–Trinajstić information content (AvgIpc) is 2.33. The van der Waals surface area contributed by atoms with E-state index in [2.05, 4.69) is 26.0 Å². The average molecular weight is 370 g/mol. The van der Waals surface area contributed by atoms with Crippen molar-refractivity contribution in [3.63, 3.8) is 0 Å². The summed E-state index contributed by atoms with van der Waals surface area (Å²) in [4.78, 5) is 0.311. The van der Waals surface area contributed by atoms with Crippen molar-refractivity contribution in [2.75, 3.05) is 13.1 Å². The fourth-order valence-electron chi connectivity index (χ4n) is 1.98. The Morgan fingerprint density at radius 1 is 1.42 bits per heavy atom. The highest BCUT2D eigenvalue weighted by atomic mass is 79.9. The van der Waals surface area contributed by atoms with Crippen molar-refractivity contribution in [3.05, 3.63) is 28.2 Å². The third-order valence-corrected chi connectivity index (χ3v) is 5.44. The highest BCUT2D eigenvalue weighted by molar-refractivity contribution is 9.10. The SMILES string of the molecule is Cc1ccc(S(=O)(=O)NC2CCCNC2)cc1Br.Cl. The van der Waals surface area contributed by atoms with Gasteiger partial charge < -0.3 is 5.32 Å². The first kappa shape index (κ1) is 16.9. The van der Waals surface area contributed by atoms with E-state index in [0.29, 0.717) is 11.4 Å².